The summed E-state index contributed by atoms with van der Waals surface area (Å²) < 4.78 is 5.51. The third kappa shape index (κ3) is 5.40. The number of rotatable bonds is 4. The van der Waals surface area contributed by atoms with E-state index in [4.69, 9.17) is 4.74 Å². The van der Waals surface area contributed by atoms with E-state index in [-0.39, 0.29) is 0 Å². The highest BCUT2D eigenvalue weighted by Crippen LogP contribution is 2.17. The largest absolute Gasteiger partial charge is 0.493 e. The molecule has 0 radical (unpaired) electrons. The molecule has 0 unspecified atom stereocenters. The van der Waals surface area contributed by atoms with Crippen LogP contribution in [0.5, 0.6) is 5.75 Å². The molecule has 0 saturated carbocycles. The van der Waals surface area contributed by atoms with Gasteiger partial charge in [0.15, 0.2) is 0 Å². The van der Waals surface area contributed by atoms with Crippen LogP contribution < -0.4 is 4.74 Å². The number of aromatic nitrogens is 1. The fourth-order valence-corrected chi connectivity index (χ4v) is 1.05. The van der Waals surface area contributed by atoms with Crippen LogP contribution in [0.15, 0.2) is 18.3 Å². The molecule has 1 aromatic heterocycles. The van der Waals surface area contributed by atoms with E-state index in [1.54, 1.807) is 6.20 Å². The van der Waals surface area contributed by atoms with E-state index < -0.39 is 0 Å². The Bertz CT molecular complexity index is 258. The van der Waals surface area contributed by atoms with Gasteiger partial charge in [-0.15, -0.1) is 0 Å². The van der Waals surface area contributed by atoms with Crippen molar-refractivity contribution in [2.45, 2.75) is 47.0 Å². The fraction of sp³-hybridized carbons (Fsp3) is 0.615. The van der Waals surface area contributed by atoms with Gasteiger partial charge in [-0.25, -0.2) is 0 Å². The lowest BCUT2D eigenvalue weighted by Gasteiger charge is -2.07. The quantitative estimate of drug-likeness (QED) is 0.747. The van der Waals surface area contributed by atoms with Gasteiger partial charge in [0.2, 0.25) is 0 Å². The number of ether oxygens (including phenoxy) is 1. The number of nitrogens with zero attached hydrogens (tertiary/aromatic N) is 1. The highest BCUT2D eigenvalue weighted by atomic mass is 16.5. The molecule has 0 aromatic carbocycles. The lowest BCUT2D eigenvalue weighted by Crippen LogP contribution is -1.97. The number of hydrogen-bond acceptors (Lipinski definition) is 2. The molecule has 0 aliphatic rings. The smallest absolute Gasteiger partial charge is 0.122 e. The Morgan fingerprint density at radius 3 is 2.53 bits per heavy atom. The van der Waals surface area contributed by atoms with Gasteiger partial charge in [-0.05, 0) is 18.4 Å². The van der Waals surface area contributed by atoms with Crippen LogP contribution in [0.25, 0.3) is 0 Å². The zero-order chi connectivity index (χ0) is 11.7. The summed E-state index contributed by atoms with van der Waals surface area (Å²) in [5.74, 6) is 1.39. The van der Waals surface area contributed by atoms with Crippen molar-refractivity contribution in [1.29, 1.82) is 0 Å². The van der Waals surface area contributed by atoms with Crippen LogP contribution in [0, 0.1) is 0 Å². The molecule has 2 nitrogen and oxygen atoms in total. The fourth-order valence-electron chi connectivity index (χ4n) is 1.05. The number of pyridine rings is 1. The topological polar surface area (TPSA) is 22.1 Å². The molecule has 0 spiro atoms. The average molecular weight is 209 g/mol. The van der Waals surface area contributed by atoms with E-state index in [0.29, 0.717) is 5.92 Å². The van der Waals surface area contributed by atoms with Crippen LogP contribution in [0.3, 0.4) is 0 Å². The van der Waals surface area contributed by atoms with Crippen molar-refractivity contribution in [3.63, 3.8) is 0 Å². The lowest BCUT2D eigenvalue weighted by molar-refractivity contribution is 0.316. The van der Waals surface area contributed by atoms with Crippen molar-refractivity contribution in [2.75, 3.05) is 6.61 Å². The molecule has 0 fully saturated rings. The molecule has 1 rings (SSSR count). The average Bonchev–Trinajstić information content (AvgIpc) is 2.29. The van der Waals surface area contributed by atoms with Crippen LogP contribution in [0.4, 0.5) is 0 Å². The predicted octanol–water partition coefficient (Wildman–Crippen LogP) is 4.02. The molecular formula is C13H23NO. The minimum absolute atomic E-state index is 0.463. The van der Waals surface area contributed by atoms with Crippen molar-refractivity contribution in [2.24, 2.45) is 0 Å². The molecule has 0 atom stereocenters. The van der Waals surface area contributed by atoms with E-state index in [1.165, 1.54) is 0 Å². The predicted molar refractivity (Wildman–Crippen MR) is 65.5 cm³/mol. The first-order valence-corrected chi connectivity index (χ1v) is 5.82. The van der Waals surface area contributed by atoms with E-state index in [9.17, 15) is 0 Å². The molecule has 0 N–H and O–H groups in total. The molecule has 1 aromatic rings. The van der Waals surface area contributed by atoms with Crippen LogP contribution in [0.2, 0.25) is 0 Å². The van der Waals surface area contributed by atoms with E-state index >= 15 is 0 Å². The van der Waals surface area contributed by atoms with Crippen molar-refractivity contribution in [3.05, 3.63) is 24.0 Å². The zero-order valence-corrected chi connectivity index (χ0v) is 10.6. The Morgan fingerprint density at radius 1 is 1.33 bits per heavy atom. The summed E-state index contributed by atoms with van der Waals surface area (Å²) in [4.78, 5) is 4.27. The Morgan fingerprint density at radius 2 is 2.00 bits per heavy atom. The van der Waals surface area contributed by atoms with Crippen LogP contribution >= 0.6 is 0 Å². The molecule has 1 heterocycles. The first-order valence-electron chi connectivity index (χ1n) is 5.82. The molecule has 0 bridgehead atoms. The van der Waals surface area contributed by atoms with Gasteiger partial charge in [-0.1, -0.05) is 34.6 Å². The third-order valence-corrected chi connectivity index (χ3v) is 1.82. The van der Waals surface area contributed by atoms with Crippen molar-refractivity contribution in [3.8, 4) is 5.75 Å². The zero-order valence-electron chi connectivity index (χ0n) is 10.6. The minimum Gasteiger partial charge on any atom is -0.493 e. The van der Waals surface area contributed by atoms with Gasteiger partial charge >= 0.3 is 0 Å². The van der Waals surface area contributed by atoms with Gasteiger partial charge in [-0.2, -0.15) is 0 Å². The Balaban J connectivity index is 0.000000921. The second kappa shape index (κ2) is 8.27. The van der Waals surface area contributed by atoms with E-state index in [1.807, 2.05) is 26.0 Å². The second-order valence-corrected chi connectivity index (χ2v) is 3.42. The molecule has 0 aliphatic heterocycles. The van der Waals surface area contributed by atoms with E-state index in [2.05, 4.69) is 25.8 Å². The Labute approximate surface area is 93.7 Å². The monoisotopic (exact) mass is 209 g/mol. The molecule has 0 amide bonds. The van der Waals surface area contributed by atoms with Gasteiger partial charge in [-0.3, -0.25) is 4.98 Å². The molecule has 0 aliphatic carbocycles. The van der Waals surface area contributed by atoms with Crippen molar-refractivity contribution >= 4 is 0 Å². The summed E-state index contributed by atoms with van der Waals surface area (Å²) >= 11 is 0. The third-order valence-electron chi connectivity index (χ3n) is 1.82. The van der Waals surface area contributed by atoms with Gasteiger partial charge in [0, 0.05) is 18.0 Å². The standard InChI is InChI=1S/C11H17NO.C2H6/c1-4-7-13-10-5-6-12-11(8-10)9(2)3;1-2/h5-6,8-9H,4,7H2,1-3H3;1-2H3. The molecular weight excluding hydrogens is 186 g/mol. The van der Waals surface area contributed by atoms with E-state index in [0.717, 1.165) is 24.5 Å². The second-order valence-electron chi connectivity index (χ2n) is 3.42. The normalized spacial score (nSPS) is 9.47. The van der Waals surface area contributed by atoms with Crippen LogP contribution in [-0.4, -0.2) is 11.6 Å². The number of hydrogen-bond donors (Lipinski definition) is 0. The maximum Gasteiger partial charge on any atom is 0.122 e. The Kier molecular flexibility index (Phi) is 7.69. The van der Waals surface area contributed by atoms with Crippen molar-refractivity contribution in [1.82, 2.24) is 4.98 Å². The highest BCUT2D eigenvalue weighted by Gasteiger charge is 2.01. The maximum absolute atomic E-state index is 5.51. The lowest BCUT2D eigenvalue weighted by atomic mass is 10.1. The summed E-state index contributed by atoms with van der Waals surface area (Å²) in [6, 6.07) is 3.92. The summed E-state index contributed by atoms with van der Waals surface area (Å²) in [6.45, 7) is 11.1. The Hall–Kier alpha value is -1.05. The maximum atomic E-state index is 5.51. The SMILES string of the molecule is CC.CCCOc1ccnc(C(C)C)c1. The molecule has 86 valence electrons. The van der Waals surface area contributed by atoms with Crippen LogP contribution in [0.1, 0.15) is 52.7 Å². The summed E-state index contributed by atoms with van der Waals surface area (Å²) in [7, 11) is 0. The van der Waals surface area contributed by atoms with Gasteiger partial charge < -0.3 is 4.74 Å². The van der Waals surface area contributed by atoms with Gasteiger partial charge in [0.1, 0.15) is 5.75 Å². The van der Waals surface area contributed by atoms with Crippen molar-refractivity contribution < 1.29 is 4.74 Å². The summed E-state index contributed by atoms with van der Waals surface area (Å²) in [6.07, 6.45) is 2.85. The first kappa shape index (κ1) is 13.9. The molecule has 0 saturated heterocycles. The summed E-state index contributed by atoms with van der Waals surface area (Å²) in [5.41, 5.74) is 1.09. The molecule has 2 heteroatoms. The molecule has 15 heavy (non-hydrogen) atoms. The van der Waals surface area contributed by atoms with Gasteiger partial charge in [0.05, 0.1) is 6.61 Å². The first-order chi connectivity index (χ1) is 7.24. The highest BCUT2D eigenvalue weighted by molar-refractivity contribution is 5.24. The summed E-state index contributed by atoms with van der Waals surface area (Å²) in [5, 5.41) is 0. The van der Waals surface area contributed by atoms with Gasteiger partial charge in [0.25, 0.3) is 0 Å². The minimum atomic E-state index is 0.463. The van der Waals surface area contributed by atoms with Crippen LogP contribution in [-0.2, 0) is 0 Å².